The van der Waals surface area contributed by atoms with Crippen LogP contribution in [0.25, 0.3) is 10.8 Å². The molecule has 2 N–H and O–H groups in total. The third-order valence-corrected chi connectivity index (χ3v) is 4.21. The number of carbonyl (C=O) groups excluding carboxylic acids is 1. The first-order valence-corrected chi connectivity index (χ1v) is 7.59. The molecule has 0 heterocycles. The van der Waals surface area contributed by atoms with Gasteiger partial charge in [-0.05, 0) is 41.8 Å². The molecule has 0 fully saturated rings. The first-order valence-electron chi connectivity index (χ1n) is 6.84. The number of nitrogens with two attached hydrogens (primary N) is 1. The molecule has 6 heteroatoms. The van der Waals surface area contributed by atoms with Crippen molar-refractivity contribution in [2.45, 2.75) is 0 Å². The van der Waals surface area contributed by atoms with Crippen LogP contribution in [0.2, 0.25) is 10.0 Å². The maximum Gasteiger partial charge on any atom is 0.198 e. The van der Waals surface area contributed by atoms with E-state index in [4.69, 9.17) is 28.9 Å². The Morgan fingerprint density at radius 3 is 2.58 bits per heavy atom. The number of halogens is 3. The minimum absolute atomic E-state index is 0.0141. The van der Waals surface area contributed by atoms with Crippen molar-refractivity contribution in [1.82, 2.24) is 0 Å². The molecule has 0 amide bonds. The monoisotopic (exact) mass is 358 g/mol. The van der Waals surface area contributed by atoms with E-state index in [1.165, 1.54) is 6.07 Å². The van der Waals surface area contributed by atoms with Crippen LogP contribution in [0, 0.1) is 17.1 Å². The van der Waals surface area contributed by atoms with Gasteiger partial charge < -0.3 is 5.73 Å². The Bertz CT molecular complexity index is 1040. The highest BCUT2D eigenvalue weighted by Gasteiger charge is 2.22. The van der Waals surface area contributed by atoms with E-state index in [1.54, 1.807) is 24.3 Å². The third-order valence-electron chi connectivity index (χ3n) is 3.65. The van der Waals surface area contributed by atoms with Gasteiger partial charge in [-0.25, -0.2) is 4.39 Å². The number of rotatable bonds is 2. The van der Waals surface area contributed by atoms with E-state index in [1.807, 2.05) is 6.07 Å². The molecule has 118 valence electrons. The van der Waals surface area contributed by atoms with Crippen LogP contribution in [0.1, 0.15) is 21.5 Å². The zero-order chi connectivity index (χ0) is 17.4. The van der Waals surface area contributed by atoms with Gasteiger partial charge in [0.1, 0.15) is 11.9 Å². The minimum Gasteiger partial charge on any atom is -0.398 e. The molecule has 0 saturated carbocycles. The molecule has 24 heavy (non-hydrogen) atoms. The molecule has 3 nitrogen and oxygen atoms in total. The van der Waals surface area contributed by atoms with Crippen LogP contribution >= 0.6 is 23.2 Å². The highest BCUT2D eigenvalue weighted by molar-refractivity contribution is 6.35. The molecule has 0 bridgehead atoms. The molecule has 0 aromatic heterocycles. The number of benzene rings is 3. The van der Waals surface area contributed by atoms with E-state index in [0.717, 1.165) is 12.1 Å². The number of nitriles is 1. The number of ketones is 1. The Morgan fingerprint density at radius 1 is 1.12 bits per heavy atom. The Hall–Kier alpha value is -2.61. The second kappa shape index (κ2) is 6.12. The number of fused-ring (bicyclic) bond motifs is 1. The molecular formula is C18H9Cl2FN2O. The molecule has 3 aromatic rings. The summed E-state index contributed by atoms with van der Waals surface area (Å²) in [6.45, 7) is 0. The second-order valence-electron chi connectivity index (χ2n) is 5.15. The van der Waals surface area contributed by atoms with E-state index in [0.29, 0.717) is 15.8 Å². The van der Waals surface area contributed by atoms with E-state index in [2.05, 4.69) is 0 Å². The van der Waals surface area contributed by atoms with Crippen LogP contribution in [0.5, 0.6) is 0 Å². The van der Waals surface area contributed by atoms with Crippen molar-refractivity contribution in [3.63, 3.8) is 0 Å². The average molecular weight is 359 g/mol. The van der Waals surface area contributed by atoms with E-state index in [9.17, 15) is 14.4 Å². The molecule has 0 saturated heterocycles. The lowest BCUT2D eigenvalue weighted by atomic mass is 9.92. The molecule has 0 atom stereocenters. The van der Waals surface area contributed by atoms with Gasteiger partial charge in [-0.15, -0.1) is 0 Å². The lowest BCUT2D eigenvalue weighted by Gasteiger charge is -2.12. The number of nitrogens with zero attached hydrogens (tertiary/aromatic N) is 1. The van der Waals surface area contributed by atoms with Gasteiger partial charge in [0.15, 0.2) is 5.78 Å². The Morgan fingerprint density at radius 2 is 1.88 bits per heavy atom. The normalized spacial score (nSPS) is 10.6. The van der Waals surface area contributed by atoms with Crippen molar-refractivity contribution in [2.24, 2.45) is 0 Å². The van der Waals surface area contributed by atoms with Crippen molar-refractivity contribution >= 4 is 45.4 Å². The highest BCUT2D eigenvalue weighted by Crippen LogP contribution is 2.32. The van der Waals surface area contributed by atoms with Gasteiger partial charge in [-0.2, -0.15) is 5.26 Å². The van der Waals surface area contributed by atoms with Crippen LogP contribution in [-0.2, 0) is 0 Å². The van der Waals surface area contributed by atoms with E-state index in [-0.39, 0.29) is 27.4 Å². The number of nitrogen functional groups attached to an aromatic ring is 1. The number of hydrogen-bond donors (Lipinski definition) is 1. The highest BCUT2D eigenvalue weighted by atomic mass is 35.5. The summed E-state index contributed by atoms with van der Waals surface area (Å²) in [5.74, 6) is -1.22. The number of carbonyl (C=O) groups is 1. The first-order chi connectivity index (χ1) is 11.4. The quantitative estimate of drug-likeness (QED) is 0.519. The fourth-order valence-corrected chi connectivity index (χ4v) is 2.93. The topological polar surface area (TPSA) is 66.9 Å². The molecule has 0 unspecified atom stereocenters. The third kappa shape index (κ3) is 2.69. The molecular weight excluding hydrogens is 350 g/mol. The van der Waals surface area contributed by atoms with Crippen molar-refractivity contribution in [1.29, 1.82) is 5.26 Å². The Balaban J connectivity index is 2.33. The van der Waals surface area contributed by atoms with Crippen LogP contribution in [-0.4, -0.2) is 5.78 Å². The predicted molar refractivity (Wildman–Crippen MR) is 92.9 cm³/mol. The predicted octanol–water partition coefficient (Wildman–Crippen LogP) is 4.97. The lowest BCUT2D eigenvalue weighted by Crippen LogP contribution is -2.09. The molecule has 0 aliphatic carbocycles. The van der Waals surface area contributed by atoms with Gasteiger partial charge in [-0.3, -0.25) is 4.79 Å². The number of hydrogen-bond acceptors (Lipinski definition) is 3. The molecule has 3 aromatic carbocycles. The van der Waals surface area contributed by atoms with Gasteiger partial charge in [-0.1, -0.05) is 29.3 Å². The zero-order valence-corrected chi connectivity index (χ0v) is 13.6. The molecule has 3 rings (SSSR count). The smallest absolute Gasteiger partial charge is 0.198 e. The first kappa shape index (κ1) is 16.3. The Kier molecular flexibility index (Phi) is 4.15. The maximum atomic E-state index is 13.5. The summed E-state index contributed by atoms with van der Waals surface area (Å²) < 4.78 is 13.5. The van der Waals surface area contributed by atoms with E-state index >= 15 is 0 Å². The van der Waals surface area contributed by atoms with Crippen molar-refractivity contribution in [2.75, 3.05) is 5.73 Å². The van der Waals surface area contributed by atoms with Gasteiger partial charge >= 0.3 is 0 Å². The summed E-state index contributed by atoms with van der Waals surface area (Å²) in [5, 5.41) is 11.2. The summed E-state index contributed by atoms with van der Waals surface area (Å²) in [6, 6.07) is 12.0. The largest absolute Gasteiger partial charge is 0.398 e. The van der Waals surface area contributed by atoms with Crippen molar-refractivity contribution < 1.29 is 9.18 Å². The fourth-order valence-electron chi connectivity index (χ4n) is 2.56. The summed E-state index contributed by atoms with van der Waals surface area (Å²) in [5.41, 5.74) is 6.12. The van der Waals surface area contributed by atoms with Crippen LogP contribution in [0.3, 0.4) is 0 Å². The van der Waals surface area contributed by atoms with Gasteiger partial charge in [0.25, 0.3) is 0 Å². The van der Waals surface area contributed by atoms with Crippen molar-refractivity contribution in [3.05, 3.63) is 75.0 Å². The summed E-state index contributed by atoms with van der Waals surface area (Å²) >= 11 is 12.0. The van der Waals surface area contributed by atoms with E-state index < -0.39 is 11.6 Å². The second-order valence-corrected chi connectivity index (χ2v) is 5.99. The van der Waals surface area contributed by atoms with Crippen molar-refractivity contribution in [3.8, 4) is 6.07 Å². The van der Waals surface area contributed by atoms with Gasteiger partial charge in [0.05, 0.1) is 16.1 Å². The molecule has 0 spiro atoms. The molecule has 0 aliphatic heterocycles. The van der Waals surface area contributed by atoms with Crippen LogP contribution < -0.4 is 5.73 Å². The van der Waals surface area contributed by atoms with Gasteiger partial charge in [0.2, 0.25) is 0 Å². The molecule has 0 radical (unpaired) electrons. The summed E-state index contributed by atoms with van der Waals surface area (Å²) in [7, 11) is 0. The average Bonchev–Trinajstić information content (AvgIpc) is 2.55. The lowest BCUT2D eigenvalue weighted by molar-refractivity contribution is 0.103. The SMILES string of the molecule is N#Cc1c(C(=O)c2cc(F)ccc2Cl)c(N)cc2ccc(Cl)cc12. The van der Waals surface area contributed by atoms with Crippen LogP contribution in [0.15, 0.2) is 42.5 Å². The van der Waals surface area contributed by atoms with Crippen LogP contribution in [0.4, 0.5) is 10.1 Å². The molecule has 0 aliphatic rings. The van der Waals surface area contributed by atoms with Gasteiger partial charge in [0, 0.05) is 21.7 Å². The number of anilines is 1. The summed E-state index contributed by atoms with van der Waals surface area (Å²) in [4.78, 5) is 12.8. The standard InChI is InChI=1S/C18H9Cl2FN2O/c19-10-2-1-9-5-16(23)17(14(8-22)12(9)6-10)18(24)13-7-11(21)3-4-15(13)20/h1-7H,23H2. The summed E-state index contributed by atoms with van der Waals surface area (Å²) in [6.07, 6.45) is 0. The Labute approximate surface area is 147 Å². The minimum atomic E-state index is -0.615. The zero-order valence-electron chi connectivity index (χ0n) is 12.1. The maximum absolute atomic E-state index is 13.5. The fraction of sp³-hybridized carbons (Fsp3) is 0.